The second-order valence-corrected chi connectivity index (χ2v) is 6.24. The number of fused-ring (bicyclic) bond motifs is 1. The average Bonchev–Trinajstić information content (AvgIpc) is 2.47. The summed E-state index contributed by atoms with van der Waals surface area (Å²) in [4.78, 5) is 19.6. The maximum Gasteiger partial charge on any atom is 0.254 e. The molecule has 1 heterocycles. The van der Waals surface area contributed by atoms with E-state index in [2.05, 4.69) is 41.2 Å². The number of thioether (sulfide) groups is 1. The highest BCUT2D eigenvalue weighted by Crippen LogP contribution is 2.22. The maximum atomic E-state index is 12.0. The van der Waals surface area contributed by atoms with Crippen molar-refractivity contribution in [1.82, 2.24) is 9.97 Å². The fourth-order valence-corrected chi connectivity index (χ4v) is 3.32. The SMILES string of the molecule is Cc1ccc(CSc2nc3c(c(=O)[nH]2)CCCC3)cc1. The van der Waals surface area contributed by atoms with Gasteiger partial charge in [-0.15, -0.1) is 0 Å². The van der Waals surface area contributed by atoms with Crippen LogP contribution in [-0.4, -0.2) is 9.97 Å². The van der Waals surface area contributed by atoms with Crippen LogP contribution in [0.1, 0.15) is 35.2 Å². The number of hydrogen-bond acceptors (Lipinski definition) is 3. The van der Waals surface area contributed by atoms with Crippen LogP contribution in [-0.2, 0) is 18.6 Å². The summed E-state index contributed by atoms with van der Waals surface area (Å²) in [7, 11) is 0. The van der Waals surface area contributed by atoms with E-state index in [0.29, 0.717) is 0 Å². The second kappa shape index (κ2) is 5.83. The van der Waals surface area contributed by atoms with Gasteiger partial charge in [0, 0.05) is 11.3 Å². The fraction of sp³-hybridized carbons (Fsp3) is 0.375. The van der Waals surface area contributed by atoms with Gasteiger partial charge in [-0.1, -0.05) is 41.6 Å². The second-order valence-electron chi connectivity index (χ2n) is 5.28. The van der Waals surface area contributed by atoms with E-state index in [1.165, 1.54) is 11.1 Å². The van der Waals surface area contributed by atoms with Crippen molar-refractivity contribution < 1.29 is 0 Å². The predicted octanol–water partition coefficient (Wildman–Crippen LogP) is 3.25. The monoisotopic (exact) mass is 286 g/mol. The molecule has 0 saturated heterocycles. The van der Waals surface area contributed by atoms with Crippen LogP contribution >= 0.6 is 11.8 Å². The van der Waals surface area contributed by atoms with Crippen LogP contribution in [0.15, 0.2) is 34.2 Å². The lowest BCUT2D eigenvalue weighted by Crippen LogP contribution is -2.21. The van der Waals surface area contributed by atoms with Gasteiger partial charge >= 0.3 is 0 Å². The fourth-order valence-electron chi connectivity index (χ4n) is 2.48. The molecule has 0 radical (unpaired) electrons. The zero-order valence-electron chi connectivity index (χ0n) is 11.6. The minimum atomic E-state index is 0.0566. The van der Waals surface area contributed by atoms with Crippen molar-refractivity contribution in [1.29, 1.82) is 0 Å². The topological polar surface area (TPSA) is 45.8 Å². The van der Waals surface area contributed by atoms with Gasteiger partial charge in [0.15, 0.2) is 5.16 Å². The third-order valence-electron chi connectivity index (χ3n) is 3.67. The Labute approximate surface area is 122 Å². The molecule has 20 heavy (non-hydrogen) atoms. The third-order valence-corrected chi connectivity index (χ3v) is 4.61. The number of H-pyrrole nitrogens is 1. The number of nitrogens with zero attached hydrogens (tertiary/aromatic N) is 1. The summed E-state index contributed by atoms with van der Waals surface area (Å²) in [6.07, 6.45) is 4.07. The largest absolute Gasteiger partial charge is 0.301 e. The Balaban J connectivity index is 1.76. The highest BCUT2D eigenvalue weighted by Gasteiger charge is 2.15. The van der Waals surface area contributed by atoms with Crippen molar-refractivity contribution >= 4 is 11.8 Å². The number of rotatable bonds is 3. The van der Waals surface area contributed by atoms with E-state index in [4.69, 9.17) is 0 Å². The number of benzene rings is 1. The summed E-state index contributed by atoms with van der Waals surface area (Å²) in [5.74, 6) is 0.835. The maximum absolute atomic E-state index is 12.0. The van der Waals surface area contributed by atoms with Gasteiger partial charge in [0.2, 0.25) is 0 Å². The van der Waals surface area contributed by atoms with Gasteiger partial charge in [-0.3, -0.25) is 4.79 Å². The highest BCUT2D eigenvalue weighted by atomic mass is 32.2. The minimum absolute atomic E-state index is 0.0566. The first-order valence-electron chi connectivity index (χ1n) is 7.03. The van der Waals surface area contributed by atoms with Gasteiger partial charge < -0.3 is 4.98 Å². The highest BCUT2D eigenvalue weighted by molar-refractivity contribution is 7.98. The zero-order valence-corrected chi connectivity index (χ0v) is 12.4. The van der Waals surface area contributed by atoms with Crippen molar-refractivity contribution in [2.24, 2.45) is 0 Å². The van der Waals surface area contributed by atoms with Crippen molar-refractivity contribution in [3.63, 3.8) is 0 Å². The van der Waals surface area contributed by atoms with Gasteiger partial charge in [-0.2, -0.15) is 0 Å². The summed E-state index contributed by atoms with van der Waals surface area (Å²) < 4.78 is 0. The molecule has 0 spiro atoms. The lowest BCUT2D eigenvalue weighted by molar-refractivity contribution is 0.641. The molecule has 3 nitrogen and oxygen atoms in total. The molecule has 1 aromatic heterocycles. The van der Waals surface area contributed by atoms with Crippen molar-refractivity contribution in [2.75, 3.05) is 0 Å². The number of nitrogens with one attached hydrogen (secondary N) is 1. The smallest absolute Gasteiger partial charge is 0.254 e. The van der Waals surface area contributed by atoms with Crippen LogP contribution < -0.4 is 5.56 Å². The molecule has 0 saturated carbocycles. The number of hydrogen-bond donors (Lipinski definition) is 1. The molecular weight excluding hydrogens is 268 g/mol. The molecule has 4 heteroatoms. The van der Waals surface area contributed by atoms with Crippen LogP contribution in [0.3, 0.4) is 0 Å². The Kier molecular flexibility index (Phi) is 3.92. The summed E-state index contributed by atoms with van der Waals surface area (Å²) in [5.41, 5.74) is 4.48. The Morgan fingerprint density at radius 3 is 2.75 bits per heavy atom. The third kappa shape index (κ3) is 2.96. The summed E-state index contributed by atoms with van der Waals surface area (Å²) in [6.45, 7) is 2.08. The number of aromatic amines is 1. The summed E-state index contributed by atoms with van der Waals surface area (Å²) in [5, 5.41) is 0.747. The van der Waals surface area contributed by atoms with Gasteiger partial charge in [0.05, 0.1) is 5.69 Å². The lowest BCUT2D eigenvalue weighted by atomic mass is 9.97. The molecule has 0 atom stereocenters. The van der Waals surface area contributed by atoms with Crippen LogP contribution in [0.4, 0.5) is 0 Å². The molecule has 1 aromatic carbocycles. The first kappa shape index (κ1) is 13.4. The molecule has 104 valence electrons. The Hall–Kier alpha value is -1.55. The Morgan fingerprint density at radius 2 is 1.95 bits per heavy atom. The van der Waals surface area contributed by atoms with E-state index in [-0.39, 0.29) is 5.56 Å². The quantitative estimate of drug-likeness (QED) is 0.696. The number of aryl methyl sites for hydroxylation is 2. The zero-order chi connectivity index (χ0) is 13.9. The Morgan fingerprint density at radius 1 is 1.20 bits per heavy atom. The van der Waals surface area contributed by atoms with E-state index in [0.717, 1.165) is 47.8 Å². The standard InChI is InChI=1S/C16H18N2OS/c1-11-6-8-12(9-7-11)10-20-16-17-14-5-3-2-4-13(14)15(19)18-16/h6-9H,2-5,10H2,1H3,(H,17,18,19). The molecule has 3 rings (SSSR count). The molecule has 1 aliphatic carbocycles. The predicted molar refractivity (Wildman–Crippen MR) is 82.2 cm³/mol. The van der Waals surface area contributed by atoms with Crippen molar-refractivity contribution in [2.45, 2.75) is 43.5 Å². The molecule has 0 bridgehead atoms. The van der Waals surface area contributed by atoms with Crippen LogP contribution in [0.5, 0.6) is 0 Å². The minimum Gasteiger partial charge on any atom is -0.301 e. The first-order chi connectivity index (χ1) is 9.72. The van der Waals surface area contributed by atoms with E-state index >= 15 is 0 Å². The summed E-state index contributed by atoms with van der Waals surface area (Å²) >= 11 is 1.60. The van der Waals surface area contributed by atoms with E-state index < -0.39 is 0 Å². The van der Waals surface area contributed by atoms with Crippen LogP contribution in [0.2, 0.25) is 0 Å². The lowest BCUT2D eigenvalue weighted by Gasteiger charge is -2.14. The van der Waals surface area contributed by atoms with Crippen LogP contribution in [0, 0.1) is 6.92 Å². The van der Waals surface area contributed by atoms with Gasteiger partial charge in [0.25, 0.3) is 5.56 Å². The van der Waals surface area contributed by atoms with E-state index in [1.807, 2.05) is 0 Å². The van der Waals surface area contributed by atoms with Crippen molar-refractivity contribution in [3.05, 3.63) is 57.0 Å². The molecule has 2 aromatic rings. The van der Waals surface area contributed by atoms with Crippen molar-refractivity contribution in [3.8, 4) is 0 Å². The van der Waals surface area contributed by atoms with Gasteiger partial charge in [-0.25, -0.2) is 4.98 Å². The molecule has 0 fully saturated rings. The normalized spacial score (nSPS) is 14.1. The molecule has 1 N–H and O–H groups in total. The van der Waals surface area contributed by atoms with Crippen LogP contribution in [0.25, 0.3) is 0 Å². The molecule has 0 unspecified atom stereocenters. The molecule has 0 amide bonds. The molecular formula is C16H18N2OS. The van der Waals surface area contributed by atoms with Gasteiger partial charge in [-0.05, 0) is 38.2 Å². The van der Waals surface area contributed by atoms with Gasteiger partial charge in [0.1, 0.15) is 0 Å². The summed E-state index contributed by atoms with van der Waals surface area (Å²) in [6, 6.07) is 8.47. The van der Waals surface area contributed by atoms with E-state index in [1.54, 1.807) is 11.8 Å². The number of aromatic nitrogens is 2. The average molecular weight is 286 g/mol. The Bertz CT molecular complexity index is 661. The first-order valence-corrected chi connectivity index (χ1v) is 8.01. The molecule has 0 aliphatic heterocycles. The molecule has 1 aliphatic rings. The van der Waals surface area contributed by atoms with E-state index in [9.17, 15) is 4.79 Å².